The highest BCUT2D eigenvalue weighted by Gasteiger charge is 2.24. The molecule has 30 heavy (non-hydrogen) atoms. The molecule has 0 radical (unpaired) electrons. The first-order valence-corrected chi connectivity index (χ1v) is 9.60. The Morgan fingerprint density at radius 1 is 1.07 bits per heavy atom. The Hall–Kier alpha value is -3.35. The number of carbonyl (C=O) groups excluding carboxylic acids is 2. The van der Waals surface area contributed by atoms with Crippen LogP contribution in [0.25, 0.3) is 17.4 Å². The number of esters is 1. The van der Waals surface area contributed by atoms with Gasteiger partial charge in [-0.05, 0) is 54.6 Å². The van der Waals surface area contributed by atoms with Gasteiger partial charge in [-0.1, -0.05) is 23.2 Å². The summed E-state index contributed by atoms with van der Waals surface area (Å²) in [5.41, 5.74) is 2.03. The van der Waals surface area contributed by atoms with Crippen molar-refractivity contribution in [2.45, 2.75) is 6.92 Å². The molecular weight excluding hydrogens is 427 g/mol. The Labute approximate surface area is 181 Å². The average molecular weight is 441 g/mol. The lowest BCUT2D eigenvalue weighted by atomic mass is 10.2. The molecule has 2 heterocycles. The number of amides is 1. The molecule has 0 saturated carbocycles. The van der Waals surface area contributed by atoms with Crippen LogP contribution in [0.15, 0.2) is 69.7 Å². The van der Waals surface area contributed by atoms with Crippen molar-refractivity contribution in [1.82, 2.24) is 0 Å². The van der Waals surface area contributed by atoms with Crippen molar-refractivity contribution in [1.29, 1.82) is 0 Å². The number of furan rings is 1. The Kier molecular flexibility index (Phi) is 5.44. The lowest BCUT2D eigenvalue weighted by Gasteiger charge is -2.03. The number of carbonyl (C=O) groups is 2. The first-order valence-electron chi connectivity index (χ1n) is 8.85. The Bertz CT molecular complexity index is 1210. The maximum atomic E-state index is 12.2. The van der Waals surface area contributed by atoms with E-state index in [1.807, 2.05) is 0 Å². The summed E-state index contributed by atoms with van der Waals surface area (Å²) in [4.78, 5) is 27.6. The topological polar surface area (TPSA) is 80.9 Å². The van der Waals surface area contributed by atoms with Crippen LogP contribution in [-0.2, 0) is 14.3 Å². The van der Waals surface area contributed by atoms with E-state index in [2.05, 4.69) is 10.3 Å². The fraction of sp³-hybridized carbons (Fsp3) is 0.0455. The van der Waals surface area contributed by atoms with Crippen LogP contribution < -0.4 is 5.32 Å². The van der Waals surface area contributed by atoms with Gasteiger partial charge in [0.1, 0.15) is 11.5 Å². The van der Waals surface area contributed by atoms with Gasteiger partial charge in [0.15, 0.2) is 5.70 Å². The average Bonchev–Trinajstić information content (AvgIpc) is 3.29. The van der Waals surface area contributed by atoms with Gasteiger partial charge in [-0.3, -0.25) is 4.79 Å². The summed E-state index contributed by atoms with van der Waals surface area (Å²) in [7, 11) is 0. The summed E-state index contributed by atoms with van der Waals surface area (Å²) in [6.07, 6.45) is 1.49. The summed E-state index contributed by atoms with van der Waals surface area (Å²) in [6.45, 7) is 1.43. The monoisotopic (exact) mass is 440 g/mol. The number of rotatable bonds is 4. The van der Waals surface area contributed by atoms with Gasteiger partial charge in [0, 0.05) is 34.8 Å². The zero-order valence-corrected chi connectivity index (χ0v) is 17.1. The molecule has 6 nitrogen and oxygen atoms in total. The lowest BCUT2D eigenvalue weighted by molar-refractivity contribution is -0.130. The molecular formula is C22H14Cl2N2O4. The van der Waals surface area contributed by atoms with E-state index in [1.165, 1.54) is 13.0 Å². The van der Waals surface area contributed by atoms with Gasteiger partial charge >= 0.3 is 5.97 Å². The predicted octanol–water partition coefficient (Wildman–Crippen LogP) is 5.56. The largest absolute Gasteiger partial charge is 0.457 e. The lowest BCUT2D eigenvalue weighted by Crippen LogP contribution is -2.07. The van der Waals surface area contributed by atoms with Gasteiger partial charge in [-0.15, -0.1) is 0 Å². The molecule has 3 aromatic rings. The first-order chi connectivity index (χ1) is 14.4. The van der Waals surface area contributed by atoms with Gasteiger partial charge in [0.2, 0.25) is 11.8 Å². The number of halogens is 2. The van der Waals surface area contributed by atoms with E-state index < -0.39 is 5.97 Å². The molecule has 0 spiro atoms. The van der Waals surface area contributed by atoms with Crippen LogP contribution in [0.4, 0.5) is 5.69 Å². The molecule has 1 N–H and O–H groups in total. The van der Waals surface area contributed by atoms with Gasteiger partial charge in [0.05, 0.1) is 5.02 Å². The maximum absolute atomic E-state index is 12.2. The number of benzene rings is 2. The van der Waals surface area contributed by atoms with Crippen molar-refractivity contribution in [3.8, 4) is 11.3 Å². The van der Waals surface area contributed by atoms with Gasteiger partial charge in [0.25, 0.3) is 0 Å². The molecule has 0 saturated heterocycles. The van der Waals surface area contributed by atoms with E-state index in [4.69, 9.17) is 32.4 Å². The molecule has 1 amide bonds. The zero-order chi connectivity index (χ0) is 21.3. The van der Waals surface area contributed by atoms with Crippen LogP contribution in [0.5, 0.6) is 0 Å². The van der Waals surface area contributed by atoms with Gasteiger partial charge in [-0.2, -0.15) is 0 Å². The Balaban J connectivity index is 1.57. The van der Waals surface area contributed by atoms with Gasteiger partial charge in [-0.25, -0.2) is 9.79 Å². The molecule has 1 aliphatic heterocycles. The SMILES string of the molecule is CC(=O)Nc1ccc(C2=N/C(=C\c3ccc(-c4ccc(Cl)cc4Cl)o3)C(=O)O2)cc1. The molecule has 2 aromatic carbocycles. The molecule has 1 aliphatic rings. The highest BCUT2D eigenvalue weighted by molar-refractivity contribution is 6.36. The third-order valence-electron chi connectivity index (χ3n) is 4.18. The normalized spacial score (nSPS) is 14.6. The van der Waals surface area contributed by atoms with E-state index in [0.717, 1.165) is 0 Å². The smallest absolute Gasteiger partial charge is 0.363 e. The molecule has 0 aliphatic carbocycles. The number of ether oxygens (including phenoxy) is 1. The minimum Gasteiger partial charge on any atom is -0.457 e. The highest BCUT2D eigenvalue weighted by atomic mass is 35.5. The minimum absolute atomic E-state index is 0.110. The number of hydrogen-bond donors (Lipinski definition) is 1. The fourth-order valence-electron chi connectivity index (χ4n) is 2.83. The quantitative estimate of drug-likeness (QED) is 0.425. The van der Waals surface area contributed by atoms with Gasteiger partial charge < -0.3 is 14.5 Å². The van der Waals surface area contributed by atoms with Crippen LogP contribution in [0, 0.1) is 0 Å². The van der Waals surface area contributed by atoms with Crippen molar-refractivity contribution >= 4 is 52.7 Å². The highest BCUT2D eigenvalue weighted by Crippen LogP contribution is 2.32. The number of anilines is 1. The molecule has 8 heteroatoms. The van der Waals surface area contributed by atoms with E-state index in [0.29, 0.717) is 38.4 Å². The van der Waals surface area contributed by atoms with Crippen molar-refractivity contribution in [2.75, 3.05) is 5.32 Å². The van der Waals surface area contributed by atoms with Crippen LogP contribution in [0.2, 0.25) is 10.0 Å². The van der Waals surface area contributed by atoms with Crippen molar-refractivity contribution < 1.29 is 18.7 Å². The second-order valence-electron chi connectivity index (χ2n) is 6.42. The van der Waals surface area contributed by atoms with Crippen molar-refractivity contribution in [3.63, 3.8) is 0 Å². The first kappa shape index (κ1) is 19.9. The number of hydrogen-bond acceptors (Lipinski definition) is 5. The number of aliphatic imine (C=N–C) groups is 1. The van der Waals surface area contributed by atoms with Crippen LogP contribution in [-0.4, -0.2) is 17.8 Å². The summed E-state index contributed by atoms with van der Waals surface area (Å²) in [5, 5.41) is 3.65. The molecule has 1 aromatic heterocycles. The van der Waals surface area contributed by atoms with E-state index in [9.17, 15) is 9.59 Å². The summed E-state index contributed by atoms with van der Waals surface area (Å²) in [6, 6.07) is 15.3. The molecule has 0 fully saturated rings. The fourth-order valence-corrected chi connectivity index (χ4v) is 3.33. The van der Waals surface area contributed by atoms with E-state index in [-0.39, 0.29) is 17.5 Å². The van der Waals surface area contributed by atoms with E-state index >= 15 is 0 Å². The predicted molar refractivity (Wildman–Crippen MR) is 116 cm³/mol. The number of nitrogens with one attached hydrogen (secondary N) is 1. The maximum Gasteiger partial charge on any atom is 0.363 e. The van der Waals surface area contributed by atoms with Crippen LogP contribution in [0.1, 0.15) is 18.2 Å². The second kappa shape index (κ2) is 8.18. The third-order valence-corrected chi connectivity index (χ3v) is 4.72. The molecule has 150 valence electrons. The standard InChI is InChI=1S/C22H14Cl2N2O4/c1-12(27)25-15-5-2-13(3-6-15)21-26-19(22(28)30-21)11-16-7-9-20(29-16)17-8-4-14(23)10-18(17)24/h2-11H,1H3,(H,25,27)/b19-11-. The summed E-state index contributed by atoms with van der Waals surface area (Å²) < 4.78 is 11.0. The van der Waals surface area contributed by atoms with E-state index in [1.54, 1.807) is 54.6 Å². The number of cyclic esters (lactones) is 1. The van der Waals surface area contributed by atoms with Crippen molar-refractivity contribution in [2.24, 2.45) is 4.99 Å². The van der Waals surface area contributed by atoms with Crippen molar-refractivity contribution in [3.05, 3.63) is 81.7 Å². The summed E-state index contributed by atoms with van der Waals surface area (Å²) >= 11 is 12.1. The second-order valence-corrected chi connectivity index (χ2v) is 7.26. The Morgan fingerprint density at radius 3 is 2.53 bits per heavy atom. The number of nitrogens with zero attached hydrogens (tertiary/aromatic N) is 1. The molecule has 0 unspecified atom stereocenters. The zero-order valence-electron chi connectivity index (χ0n) is 15.6. The third kappa shape index (κ3) is 4.30. The molecule has 4 rings (SSSR count). The van der Waals surface area contributed by atoms with Crippen LogP contribution in [0.3, 0.4) is 0 Å². The summed E-state index contributed by atoms with van der Waals surface area (Å²) in [5.74, 6) is 0.378. The molecule has 0 atom stereocenters. The van der Waals surface area contributed by atoms with Crippen LogP contribution >= 0.6 is 23.2 Å². The Morgan fingerprint density at radius 2 is 1.83 bits per heavy atom. The minimum atomic E-state index is -0.585. The molecule has 0 bridgehead atoms.